The van der Waals surface area contributed by atoms with E-state index in [9.17, 15) is 47.4 Å². The van der Waals surface area contributed by atoms with Gasteiger partial charge in [0.15, 0.2) is 5.78 Å². The number of allylic oxidation sites excluding steroid dienone is 1. The summed E-state index contributed by atoms with van der Waals surface area (Å²) < 4.78 is 26.1. The minimum Gasteiger partial charge on any atom is -0.393 e. The van der Waals surface area contributed by atoms with Crippen LogP contribution in [0.15, 0.2) is 133 Å². The zero-order chi connectivity index (χ0) is 88.1. The van der Waals surface area contributed by atoms with Gasteiger partial charge in [-0.05, 0) is 179 Å². The Labute approximate surface area is 720 Å². The normalized spacial score (nSPS) is 25.3. The summed E-state index contributed by atoms with van der Waals surface area (Å²) in [6, 6.07) is 29.1. The predicted molar refractivity (Wildman–Crippen MR) is 463 cm³/mol. The van der Waals surface area contributed by atoms with Crippen LogP contribution in [0.4, 0.5) is 0 Å². The molecule has 2 heterocycles. The zero-order valence-electron chi connectivity index (χ0n) is 70.6. The van der Waals surface area contributed by atoms with Gasteiger partial charge in [-0.25, -0.2) is 8.42 Å². The molecule has 8 rings (SSSR count). The van der Waals surface area contributed by atoms with E-state index < -0.39 is 184 Å². The molecule has 29 heteroatoms. The number of carbonyl (C=O) groups is 12. The molecule has 0 bridgehead atoms. The van der Waals surface area contributed by atoms with Crippen molar-refractivity contribution in [1.82, 2.24) is 46.6 Å². The number of nitrogens with zero attached hydrogens (tertiary/aromatic N) is 3. The maximum Gasteiger partial charge on any atom is 0.246 e. The first-order valence-electron chi connectivity index (χ1n) is 41.3. The highest BCUT2D eigenvalue weighted by molar-refractivity contribution is 7.90. The number of benzene rings is 5. The van der Waals surface area contributed by atoms with Gasteiger partial charge in [-0.2, -0.15) is 0 Å². The minimum atomic E-state index is -3.88. The van der Waals surface area contributed by atoms with Crippen LogP contribution in [0.2, 0.25) is 15.1 Å². The topological polar surface area (TPSA) is 361 Å². The van der Waals surface area contributed by atoms with E-state index in [0.29, 0.717) is 64.7 Å². The quantitative estimate of drug-likeness (QED) is 0.0457. The van der Waals surface area contributed by atoms with Crippen LogP contribution >= 0.6 is 34.8 Å². The lowest BCUT2D eigenvalue weighted by Gasteiger charge is -2.39. The van der Waals surface area contributed by atoms with Crippen LogP contribution in [0.3, 0.4) is 0 Å². The van der Waals surface area contributed by atoms with Crippen molar-refractivity contribution >= 4 is 121 Å². The average Bonchev–Trinajstić information content (AvgIpc) is 1.46. The van der Waals surface area contributed by atoms with Gasteiger partial charge in [-0.15, -0.1) is 0 Å². The van der Waals surface area contributed by atoms with Crippen molar-refractivity contribution in [3.8, 4) is 0 Å². The highest BCUT2D eigenvalue weighted by atomic mass is 35.5. The van der Waals surface area contributed by atoms with Crippen molar-refractivity contribution in [2.45, 2.75) is 200 Å². The molecule has 3 aliphatic rings. The Balaban J connectivity index is 1.17. The van der Waals surface area contributed by atoms with Crippen LogP contribution < -0.4 is 31.9 Å². The smallest absolute Gasteiger partial charge is 0.246 e. The summed E-state index contributed by atoms with van der Waals surface area (Å²) >= 11 is 19.5. The largest absolute Gasteiger partial charge is 0.393 e. The monoisotopic (exact) mass is 1730 g/mol. The molecule has 0 saturated carbocycles. The van der Waals surface area contributed by atoms with E-state index in [0.717, 1.165) is 27.8 Å². The predicted octanol–water partition coefficient (Wildman–Crippen LogP) is 8.87. The van der Waals surface area contributed by atoms with Crippen molar-refractivity contribution in [3.63, 3.8) is 0 Å². The first-order chi connectivity index (χ1) is 56.5. The summed E-state index contributed by atoms with van der Waals surface area (Å²) in [6.45, 7) is 13.0. The number of piperidine rings is 1. The number of carbonyl (C=O) groups excluding carboxylic acids is 12. The molecule has 5 aromatic carbocycles. The molecule has 8 N–H and O–H groups in total. The van der Waals surface area contributed by atoms with Gasteiger partial charge in [0.2, 0.25) is 47.3 Å². The molecule has 2 saturated heterocycles. The number of fused-ring (bicyclic) bond motifs is 1. The summed E-state index contributed by atoms with van der Waals surface area (Å²) in [5.41, 5.74) is 2.83. The van der Waals surface area contributed by atoms with Gasteiger partial charge in [0, 0.05) is 112 Å². The fourth-order valence-electron chi connectivity index (χ4n) is 16.0. The molecule has 1 unspecified atom stereocenters. The Kier molecular flexibility index (Phi) is 35.5. The number of aliphatic hydroxyl groups is 2. The average molecular weight is 1730 g/mol. The number of rotatable bonds is 16. The van der Waals surface area contributed by atoms with Crippen molar-refractivity contribution in [2.24, 2.45) is 40.9 Å². The second-order valence-corrected chi connectivity index (χ2v) is 37.9. The van der Waals surface area contributed by atoms with Crippen LogP contribution in [0.1, 0.15) is 153 Å². The van der Waals surface area contributed by atoms with Crippen molar-refractivity contribution in [3.05, 3.63) is 182 Å². The molecule has 120 heavy (non-hydrogen) atoms. The molecule has 0 aromatic heterocycles. The van der Waals surface area contributed by atoms with Crippen LogP contribution in [0.5, 0.6) is 0 Å². The van der Waals surface area contributed by atoms with E-state index in [4.69, 9.17) is 34.8 Å². The minimum absolute atomic E-state index is 0.0245. The third-order valence-electron chi connectivity index (χ3n) is 23.5. The number of hydrogen-bond donors (Lipinski definition) is 8. The number of Topliss-reactive ketones (excluding diaryl/α,β-unsaturated/α-hetero) is 4. The molecule has 8 amide bonds. The highest BCUT2D eigenvalue weighted by Crippen LogP contribution is 2.37. The van der Waals surface area contributed by atoms with Crippen LogP contribution in [0, 0.1) is 40.9 Å². The summed E-state index contributed by atoms with van der Waals surface area (Å²) in [5, 5.41) is 40.3. The first kappa shape index (κ1) is 96.4. The highest BCUT2D eigenvalue weighted by Gasteiger charge is 2.43. The van der Waals surface area contributed by atoms with Crippen molar-refractivity contribution in [1.29, 1.82) is 0 Å². The van der Waals surface area contributed by atoms with E-state index >= 15 is 28.8 Å². The van der Waals surface area contributed by atoms with E-state index in [1.54, 1.807) is 78.7 Å². The van der Waals surface area contributed by atoms with E-state index in [-0.39, 0.29) is 92.5 Å². The number of nitrogens with one attached hydrogen (secondary N) is 6. The summed E-state index contributed by atoms with van der Waals surface area (Å²) in [4.78, 5) is 183. The standard InChI is InChI=1S/C91H118Cl3N9O16S/c1-55-83(111)99-82(58(4)105)85(113)97-77(47-62-24-19-28-72(94)45-62)88(116)102(10)56(2)84(112)100-91(8,35-39-120(11,118)119)89(117)98-76(50-65-31-30-64-25-15-16-29-74(64)65)80(109)54-95-53-68(42-61-23-18-27-71(93)44-61)86(114)101(9)36-32-66(41-59-20-13-12-14-21-59)78(107)52-75(57(3)104)79(108)48-63(40-60-22-17-26-70(92)43-60)46-73(106)49-67(51-81(110)96-55)87(115)103-37-33-69(34-38-103)90(5,6)7/h12-29,31,43-45,55-58,63,66-69,75-77,82,95,104-105H,30,32-42,46-54H2,1-11H3,(H,96,110)(H,97,113)(H,98,117)(H,99,111)(H,100,112)/t55-,56-,57+,58+,63-,66-,67-,68+,75-,76-,77-,82-,91?/m0/s1. The number of halogens is 3. The Bertz CT molecular complexity index is 4650. The Morgan fingerprint density at radius 2 is 1.18 bits per heavy atom. The van der Waals surface area contributed by atoms with E-state index in [2.05, 4.69) is 52.7 Å². The van der Waals surface area contributed by atoms with Gasteiger partial charge < -0.3 is 56.8 Å². The first-order valence-corrected chi connectivity index (χ1v) is 44.5. The van der Waals surface area contributed by atoms with Crippen molar-refractivity contribution < 1.29 is 76.2 Å². The second kappa shape index (κ2) is 44.2. The molecule has 1 aliphatic carbocycles. The molecule has 2 fully saturated rings. The molecule has 0 spiro atoms. The molecule has 0 radical (unpaired) electrons. The van der Waals surface area contributed by atoms with Gasteiger partial charge in [-0.3, -0.25) is 57.5 Å². The number of likely N-dealkylation sites (N-methyl/N-ethyl adjacent to an activating group) is 1. The maximum atomic E-state index is 15.3. The second-order valence-electron chi connectivity index (χ2n) is 34.3. The Morgan fingerprint density at radius 1 is 0.592 bits per heavy atom. The molecule has 5 aromatic rings. The summed E-state index contributed by atoms with van der Waals surface area (Å²) in [6.07, 6.45) is -0.819. The molecular weight excluding hydrogens is 1610 g/mol. The number of aliphatic hydroxyl groups excluding tert-OH is 2. The third kappa shape index (κ3) is 28.8. The molecule has 13 atom stereocenters. The molecule has 25 nitrogen and oxygen atoms in total. The van der Waals surface area contributed by atoms with Gasteiger partial charge in [0.25, 0.3) is 0 Å². The van der Waals surface area contributed by atoms with Crippen LogP contribution in [-0.2, 0) is 99.5 Å². The van der Waals surface area contributed by atoms with Crippen LogP contribution in [-0.4, -0.2) is 211 Å². The van der Waals surface area contributed by atoms with Crippen molar-refractivity contribution in [2.75, 3.05) is 58.8 Å². The fourth-order valence-corrected chi connectivity index (χ4v) is 17.5. The van der Waals surface area contributed by atoms with Gasteiger partial charge in [0.05, 0.1) is 48.3 Å². The maximum absolute atomic E-state index is 15.3. The number of hydrogen-bond acceptors (Lipinski definition) is 17. The molecular formula is C91H118Cl3N9O16S. The number of ketones is 4. The summed E-state index contributed by atoms with van der Waals surface area (Å²) in [5.74, 6) is -14.0. The van der Waals surface area contributed by atoms with E-state index in [1.807, 2.05) is 60.7 Å². The van der Waals surface area contributed by atoms with Gasteiger partial charge >= 0.3 is 0 Å². The van der Waals surface area contributed by atoms with Crippen LogP contribution in [0.25, 0.3) is 5.57 Å². The lowest BCUT2D eigenvalue weighted by Crippen LogP contribution is -2.64. The number of amides is 8. The number of sulfone groups is 1. The Morgan fingerprint density at radius 3 is 1.77 bits per heavy atom. The SMILES string of the molecule is C[C@@H]1NC(=O)C[C@@H](C(=O)N2CCC(C(C)(C)C)CC2)CC(=O)C[C@H](Cc2cccc(Cl)c2)CC(=O)[C@H]([C@@H](C)O)CC(=O)[C@H](Cc2ccccc2)CCN(C)C(=O)[C@H](Cc2cccc(Cl)c2)CNCC(=O)[C@H](CC2=CCc3ccccc32)NC(=O)C(C)(CCS(C)(=O)=O)NC(=O)[C@H](C)N(C)C(=O)[C@H](Cc2cccc(Cl)c2)NC(=O)[C@H]([C@@H](C)O)NC1=O. The van der Waals surface area contributed by atoms with Gasteiger partial charge in [-0.1, -0.05) is 153 Å². The summed E-state index contributed by atoms with van der Waals surface area (Å²) in [7, 11) is -1.03. The Hall–Kier alpha value is -9.02. The molecule has 2 aliphatic heterocycles. The third-order valence-corrected chi connectivity index (χ3v) is 25.2. The van der Waals surface area contributed by atoms with Gasteiger partial charge in [0.1, 0.15) is 56.9 Å². The molecule has 650 valence electrons. The van der Waals surface area contributed by atoms with E-state index in [1.165, 1.54) is 52.6 Å². The lowest BCUT2D eigenvalue weighted by molar-refractivity contribution is -0.144. The lowest BCUT2D eigenvalue weighted by atomic mass is 9.75. The zero-order valence-corrected chi connectivity index (χ0v) is 73.6. The number of likely N-dealkylation sites (tertiary alicyclic amines) is 1. The fraction of sp³-hybridized carbons (Fsp3) is 0.516.